The molecule has 0 bridgehead atoms. The first kappa shape index (κ1) is 23.5. The molecule has 0 fully saturated rings. The maximum absolute atomic E-state index is 13.6. The van der Waals surface area contributed by atoms with Crippen molar-refractivity contribution in [3.63, 3.8) is 0 Å². The Hall–Kier alpha value is -3.62. The first-order chi connectivity index (χ1) is 16.5. The monoisotopic (exact) mass is 476 g/mol. The van der Waals surface area contributed by atoms with Crippen molar-refractivity contribution < 1.29 is 4.79 Å². The van der Waals surface area contributed by atoms with Crippen LogP contribution in [0.2, 0.25) is 5.15 Å². The Balaban J connectivity index is 1.90. The summed E-state index contributed by atoms with van der Waals surface area (Å²) in [6, 6.07) is 15.7. The van der Waals surface area contributed by atoms with E-state index in [1.54, 1.807) is 46.1 Å². The van der Waals surface area contributed by atoms with Crippen molar-refractivity contribution in [2.24, 2.45) is 5.73 Å². The van der Waals surface area contributed by atoms with E-state index in [0.29, 0.717) is 36.3 Å². The topological polar surface area (TPSA) is 107 Å². The van der Waals surface area contributed by atoms with Crippen molar-refractivity contribution in [3.05, 3.63) is 99.4 Å². The summed E-state index contributed by atoms with van der Waals surface area (Å²) in [4.78, 5) is 41.8. The Labute approximate surface area is 202 Å². The second kappa shape index (κ2) is 10.5. The molecular weight excluding hydrogens is 452 g/mol. The lowest BCUT2D eigenvalue weighted by Crippen LogP contribution is -2.41. The molecule has 8 nitrogen and oxygen atoms in total. The molecule has 0 spiro atoms. The summed E-state index contributed by atoms with van der Waals surface area (Å²) in [5, 5.41) is 0.607. The van der Waals surface area contributed by atoms with Gasteiger partial charge in [0.2, 0.25) is 0 Å². The van der Waals surface area contributed by atoms with Crippen LogP contribution in [0.4, 0.5) is 0 Å². The van der Waals surface area contributed by atoms with E-state index in [1.807, 2.05) is 37.3 Å². The predicted octanol–water partition coefficient (Wildman–Crippen LogP) is 3.44. The van der Waals surface area contributed by atoms with Gasteiger partial charge in [0.05, 0.1) is 18.0 Å². The van der Waals surface area contributed by atoms with Crippen molar-refractivity contribution in [1.29, 1.82) is 0 Å². The van der Waals surface area contributed by atoms with Gasteiger partial charge in [-0.1, -0.05) is 48.9 Å². The lowest BCUT2D eigenvalue weighted by molar-refractivity contribution is 0.0664. The Morgan fingerprint density at radius 2 is 1.82 bits per heavy atom. The fourth-order valence-electron chi connectivity index (χ4n) is 4.01. The Kier molecular flexibility index (Phi) is 7.30. The summed E-state index contributed by atoms with van der Waals surface area (Å²) >= 11 is 6.10. The third-order valence-corrected chi connectivity index (χ3v) is 5.83. The van der Waals surface area contributed by atoms with Crippen molar-refractivity contribution >= 4 is 28.5 Å². The third kappa shape index (κ3) is 4.83. The highest BCUT2D eigenvalue weighted by molar-refractivity contribution is 6.29. The molecule has 3 heterocycles. The summed E-state index contributed by atoms with van der Waals surface area (Å²) in [5.74, 6) is 0.230. The molecule has 1 atom stereocenters. The summed E-state index contributed by atoms with van der Waals surface area (Å²) in [7, 11) is 0. The van der Waals surface area contributed by atoms with Crippen LogP contribution in [0.3, 0.4) is 0 Å². The Morgan fingerprint density at radius 1 is 1.09 bits per heavy atom. The number of amides is 1. The maximum Gasteiger partial charge on any atom is 0.263 e. The van der Waals surface area contributed by atoms with Crippen molar-refractivity contribution in [2.75, 3.05) is 13.1 Å². The van der Waals surface area contributed by atoms with E-state index in [-0.39, 0.29) is 28.8 Å². The van der Waals surface area contributed by atoms with Crippen molar-refractivity contribution in [3.8, 4) is 0 Å². The van der Waals surface area contributed by atoms with Gasteiger partial charge < -0.3 is 10.6 Å². The Morgan fingerprint density at radius 3 is 2.50 bits per heavy atom. The minimum atomic E-state index is -0.509. The number of nitrogens with zero attached hydrogens (tertiary/aromatic N) is 5. The molecule has 1 aromatic carbocycles. The van der Waals surface area contributed by atoms with Crippen molar-refractivity contribution in [1.82, 2.24) is 24.4 Å². The number of carbonyl (C=O) groups excluding carboxylic acids is 1. The second-order valence-electron chi connectivity index (χ2n) is 7.80. The maximum atomic E-state index is 13.6. The molecule has 1 amide bonds. The van der Waals surface area contributed by atoms with Crippen LogP contribution in [0.15, 0.2) is 71.8 Å². The van der Waals surface area contributed by atoms with Crippen LogP contribution in [0.1, 0.15) is 41.1 Å². The normalized spacial score (nSPS) is 12.0. The molecule has 0 saturated carbocycles. The number of rotatable bonds is 8. The number of hydrogen-bond acceptors (Lipinski definition) is 6. The summed E-state index contributed by atoms with van der Waals surface area (Å²) in [6.07, 6.45) is 3.66. The van der Waals surface area contributed by atoms with E-state index in [9.17, 15) is 9.59 Å². The van der Waals surface area contributed by atoms with Gasteiger partial charge in [0.15, 0.2) is 5.65 Å². The largest absolute Gasteiger partial charge is 0.329 e. The highest BCUT2D eigenvalue weighted by Gasteiger charge is 2.29. The number of carbonyl (C=O) groups is 1. The van der Waals surface area contributed by atoms with Gasteiger partial charge in [-0.25, -0.2) is 9.97 Å². The average molecular weight is 477 g/mol. The fourth-order valence-corrected chi connectivity index (χ4v) is 4.15. The second-order valence-corrected chi connectivity index (χ2v) is 8.19. The van der Waals surface area contributed by atoms with Gasteiger partial charge in [0.1, 0.15) is 11.0 Å². The first-order valence-corrected chi connectivity index (χ1v) is 11.4. The van der Waals surface area contributed by atoms with E-state index in [2.05, 4.69) is 9.97 Å². The predicted molar refractivity (Wildman–Crippen MR) is 132 cm³/mol. The van der Waals surface area contributed by atoms with Gasteiger partial charge in [-0.3, -0.25) is 19.1 Å². The van der Waals surface area contributed by atoms with Gasteiger partial charge in [-0.2, -0.15) is 0 Å². The first-order valence-electron chi connectivity index (χ1n) is 11.1. The smallest absolute Gasteiger partial charge is 0.263 e. The molecule has 0 aliphatic carbocycles. The summed E-state index contributed by atoms with van der Waals surface area (Å²) in [6.45, 7) is 2.80. The van der Waals surface area contributed by atoms with E-state index in [1.165, 1.54) is 0 Å². The van der Waals surface area contributed by atoms with Crippen LogP contribution in [0, 0.1) is 0 Å². The molecule has 174 valence electrons. The van der Waals surface area contributed by atoms with E-state index in [4.69, 9.17) is 22.3 Å². The fraction of sp³-hybridized carbons (Fsp3) is 0.240. The molecule has 34 heavy (non-hydrogen) atoms. The molecule has 0 aliphatic rings. The number of aromatic nitrogens is 4. The van der Waals surface area contributed by atoms with Gasteiger partial charge in [-0.05, 0) is 36.2 Å². The van der Waals surface area contributed by atoms with Crippen LogP contribution < -0.4 is 11.3 Å². The molecular formula is C25H25ClN6O2. The van der Waals surface area contributed by atoms with Gasteiger partial charge in [0.25, 0.3) is 11.5 Å². The molecule has 0 aliphatic heterocycles. The lowest BCUT2D eigenvalue weighted by Gasteiger charge is -2.32. The molecule has 2 N–H and O–H groups in total. The van der Waals surface area contributed by atoms with Crippen LogP contribution in [-0.4, -0.2) is 43.4 Å². The lowest BCUT2D eigenvalue weighted by atomic mass is 10.1. The van der Waals surface area contributed by atoms with Crippen LogP contribution in [0.25, 0.3) is 11.0 Å². The quantitative estimate of drug-likeness (QED) is 0.390. The van der Waals surface area contributed by atoms with Gasteiger partial charge in [0, 0.05) is 31.0 Å². The van der Waals surface area contributed by atoms with Gasteiger partial charge in [-0.15, -0.1) is 0 Å². The SMILES string of the molecule is CCC(c1nc2nc(Cl)ccc2c(=O)n1Cc1ccccc1)N(CCN)C(=O)c1ccncc1. The molecule has 0 radical (unpaired) electrons. The van der Waals surface area contributed by atoms with Crippen LogP contribution >= 0.6 is 11.6 Å². The number of pyridine rings is 2. The zero-order valence-electron chi connectivity index (χ0n) is 18.8. The van der Waals surface area contributed by atoms with Gasteiger partial charge >= 0.3 is 0 Å². The number of hydrogen-bond donors (Lipinski definition) is 1. The van der Waals surface area contributed by atoms with Crippen LogP contribution in [0.5, 0.6) is 0 Å². The number of fused-ring (bicyclic) bond motifs is 1. The summed E-state index contributed by atoms with van der Waals surface area (Å²) in [5.41, 5.74) is 7.33. The highest BCUT2D eigenvalue weighted by Crippen LogP contribution is 2.26. The number of halogens is 1. The van der Waals surface area contributed by atoms with E-state index in [0.717, 1.165) is 5.56 Å². The Bertz CT molecular complexity index is 1340. The zero-order chi connectivity index (χ0) is 24.1. The average Bonchev–Trinajstić information content (AvgIpc) is 2.86. The van der Waals surface area contributed by atoms with Crippen molar-refractivity contribution in [2.45, 2.75) is 25.9 Å². The zero-order valence-corrected chi connectivity index (χ0v) is 19.5. The highest BCUT2D eigenvalue weighted by atomic mass is 35.5. The third-order valence-electron chi connectivity index (χ3n) is 5.62. The molecule has 9 heteroatoms. The van der Waals surface area contributed by atoms with E-state index < -0.39 is 6.04 Å². The number of benzene rings is 1. The molecule has 1 unspecified atom stereocenters. The summed E-state index contributed by atoms with van der Waals surface area (Å²) < 4.78 is 1.62. The minimum absolute atomic E-state index is 0.209. The molecule has 4 aromatic rings. The number of nitrogens with two attached hydrogens (primary N) is 1. The molecule has 4 rings (SSSR count). The standard InChI is InChI=1S/C25H25ClN6O2/c1-2-20(31(15-12-27)24(33)18-10-13-28-14-11-18)23-30-22-19(8-9-21(26)29-22)25(34)32(23)16-17-6-4-3-5-7-17/h3-11,13-14,20H,2,12,15-16,27H2,1H3. The van der Waals surface area contributed by atoms with Crippen LogP contribution in [-0.2, 0) is 6.54 Å². The molecule has 3 aromatic heterocycles. The van der Waals surface area contributed by atoms with E-state index >= 15 is 0 Å². The molecule has 0 saturated heterocycles. The minimum Gasteiger partial charge on any atom is -0.329 e.